The average Bonchev–Trinajstić information content (AvgIpc) is 2.87. The molecule has 0 fully saturated rings. The molecule has 0 saturated carbocycles. The lowest BCUT2D eigenvalue weighted by atomic mass is 10.3. The van der Waals surface area contributed by atoms with Crippen LogP contribution in [0, 0.1) is 12.7 Å². The van der Waals surface area contributed by atoms with Crippen LogP contribution in [0.1, 0.15) is 17.6 Å². The van der Waals surface area contributed by atoms with Gasteiger partial charge in [-0.15, -0.1) is 11.3 Å². The number of carbonyl (C=O) groups excluding carboxylic acids is 1. The van der Waals surface area contributed by atoms with E-state index in [-0.39, 0.29) is 11.7 Å². The molecule has 1 amide bonds. The SMILES string of the molecule is Cc1nc(CCNC(=O)[C@H](C)Oc2ccccc2F)cs1. The predicted octanol–water partition coefficient (Wildman–Crippen LogP) is 2.72. The molecule has 1 atom stereocenters. The van der Waals surface area contributed by atoms with Crippen molar-refractivity contribution in [1.29, 1.82) is 0 Å². The van der Waals surface area contributed by atoms with Crippen LogP contribution < -0.4 is 10.1 Å². The summed E-state index contributed by atoms with van der Waals surface area (Å²) in [5, 5.41) is 5.74. The first-order valence-electron chi connectivity index (χ1n) is 6.66. The first kappa shape index (κ1) is 15.4. The minimum atomic E-state index is -0.751. The van der Waals surface area contributed by atoms with Gasteiger partial charge in [-0.3, -0.25) is 4.79 Å². The molecule has 1 heterocycles. The molecule has 0 bridgehead atoms. The van der Waals surface area contributed by atoms with Gasteiger partial charge in [-0.05, 0) is 26.0 Å². The largest absolute Gasteiger partial charge is 0.478 e. The van der Waals surface area contributed by atoms with Crippen molar-refractivity contribution in [3.63, 3.8) is 0 Å². The van der Waals surface area contributed by atoms with Crippen molar-refractivity contribution in [3.8, 4) is 5.75 Å². The third kappa shape index (κ3) is 4.53. The Balaban J connectivity index is 1.79. The summed E-state index contributed by atoms with van der Waals surface area (Å²) in [6, 6.07) is 6.03. The second kappa shape index (κ2) is 7.17. The van der Waals surface area contributed by atoms with Crippen LogP contribution in [0.15, 0.2) is 29.6 Å². The topological polar surface area (TPSA) is 51.2 Å². The minimum absolute atomic E-state index is 0.0790. The molecule has 0 radical (unpaired) electrons. The van der Waals surface area contributed by atoms with Crippen LogP contribution >= 0.6 is 11.3 Å². The van der Waals surface area contributed by atoms with Crippen molar-refractivity contribution in [3.05, 3.63) is 46.2 Å². The van der Waals surface area contributed by atoms with Gasteiger partial charge in [0.1, 0.15) is 0 Å². The van der Waals surface area contributed by atoms with Gasteiger partial charge >= 0.3 is 0 Å². The number of para-hydroxylation sites is 1. The van der Waals surface area contributed by atoms with Crippen LogP contribution in [-0.2, 0) is 11.2 Å². The molecule has 4 nitrogen and oxygen atoms in total. The first-order valence-corrected chi connectivity index (χ1v) is 7.54. The van der Waals surface area contributed by atoms with E-state index in [9.17, 15) is 9.18 Å². The fraction of sp³-hybridized carbons (Fsp3) is 0.333. The number of hydrogen-bond acceptors (Lipinski definition) is 4. The predicted molar refractivity (Wildman–Crippen MR) is 80.1 cm³/mol. The molecule has 21 heavy (non-hydrogen) atoms. The van der Waals surface area contributed by atoms with Crippen molar-refractivity contribution in [2.45, 2.75) is 26.4 Å². The molecule has 1 N–H and O–H groups in total. The quantitative estimate of drug-likeness (QED) is 0.892. The number of benzene rings is 1. The molecular formula is C15H17FN2O2S. The summed E-state index contributed by atoms with van der Waals surface area (Å²) >= 11 is 1.58. The lowest BCUT2D eigenvalue weighted by molar-refractivity contribution is -0.127. The van der Waals surface area contributed by atoms with E-state index in [0.717, 1.165) is 10.7 Å². The Morgan fingerprint density at radius 2 is 2.24 bits per heavy atom. The van der Waals surface area contributed by atoms with Crippen LogP contribution in [-0.4, -0.2) is 23.5 Å². The van der Waals surface area contributed by atoms with Crippen LogP contribution in [0.5, 0.6) is 5.75 Å². The van der Waals surface area contributed by atoms with Gasteiger partial charge in [0.2, 0.25) is 0 Å². The summed E-state index contributed by atoms with van der Waals surface area (Å²) in [5.74, 6) is -0.671. The van der Waals surface area contributed by atoms with E-state index in [2.05, 4.69) is 10.3 Å². The molecule has 0 spiro atoms. The zero-order valence-corrected chi connectivity index (χ0v) is 12.7. The molecule has 112 valence electrons. The van der Waals surface area contributed by atoms with Gasteiger partial charge in [0.05, 0.1) is 10.7 Å². The summed E-state index contributed by atoms with van der Waals surface area (Å²) in [4.78, 5) is 16.2. The summed E-state index contributed by atoms with van der Waals surface area (Å²) in [7, 11) is 0. The normalized spacial score (nSPS) is 12.0. The van der Waals surface area contributed by atoms with Gasteiger partial charge in [-0.1, -0.05) is 12.1 Å². The summed E-state index contributed by atoms with van der Waals surface area (Å²) in [6.07, 6.45) is -0.0817. The number of hydrogen-bond donors (Lipinski definition) is 1. The number of ether oxygens (including phenoxy) is 1. The highest BCUT2D eigenvalue weighted by Gasteiger charge is 2.15. The molecule has 1 aromatic carbocycles. The van der Waals surface area contributed by atoms with Gasteiger partial charge in [0, 0.05) is 18.3 Å². The number of aromatic nitrogens is 1. The minimum Gasteiger partial charge on any atom is -0.478 e. The molecule has 2 rings (SSSR count). The zero-order chi connectivity index (χ0) is 15.2. The zero-order valence-electron chi connectivity index (χ0n) is 11.9. The second-order valence-corrected chi connectivity index (χ2v) is 5.65. The molecule has 0 aliphatic carbocycles. The number of halogens is 1. The third-order valence-corrected chi connectivity index (χ3v) is 3.68. The fourth-order valence-electron chi connectivity index (χ4n) is 1.76. The van der Waals surface area contributed by atoms with Crippen LogP contribution in [0.3, 0.4) is 0 Å². The Morgan fingerprint density at radius 3 is 2.90 bits per heavy atom. The molecule has 2 aromatic rings. The Morgan fingerprint density at radius 1 is 1.48 bits per heavy atom. The molecule has 0 saturated heterocycles. The van der Waals surface area contributed by atoms with Crippen molar-refractivity contribution >= 4 is 17.2 Å². The van der Waals surface area contributed by atoms with E-state index >= 15 is 0 Å². The molecule has 0 aliphatic rings. The van der Waals surface area contributed by atoms with Crippen molar-refractivity contribution < 1.29 is 13.9 Å². The Kier molecular flexibility index (Phi) is 5.27. The highest BCUT2D eigenvalue weighted by atomic mass is 32.1. The fourth-order valence-corrected chi connectivity index (χ4v) is 2.41. The Bertz CT molecular complexity index is 615. The van der Waals surface area contributed by atoms with Gasteiger partial charge in [-0.2, -0.15) is 0 Å². The maximum Gasteiger partial charge on any atom is 0.260 e. The number of nitrogens with zero attached hydrogens (tertiary/aromatic N) is 1. The average molecular weight is 308 g/mol. The van der Waals surface area contributed by atoms with E-state index < -0.39 is 11.9 Å². The monoisotopic (exact) mass is 308 g/mol. The van der Waals surface area contributed by atoms with E-state index in [1.165, 1.54) is 12.1 Å². The van der Waals surface area contributed by atoms with E-state index in [1.54, 1.807) is 30.4 Å². The van der Waals surface area contributed by atoms with Crippen LogP contribution in [0.25, 0.3) is 0 Å². The smallest absolute Gasteiger partial charge is 0.260 e. The van der Waals surface area contributed by atoms with E-state index in [1.807, 2.05) is 12.3 Å². The van der Waals surface area contributed by atoms with Gasteiger partial charge in [-0.25, -0.2) is 9.37 Å². The lowest BCUT2D eigenvalue weighted by Gasteiger charge is -2.14. The van der Waals surface area contributed by atoms with Gasteiger partial charge in [0.25, 0.3) is 5.91 Å². The number of carbonyl (C=O) groups is 1. The molecular weight excluding hydrogens is 291 g/mol. The summed E-state index contributed by atoms with van der Waals surface area (Å²) < 4.78 is 18.7. The first-order chi connectivity index (χ1) is 10.1. The van der Waals surface area contributed by atoms with Crippen molar-refractivity contribution in [2.75, 3.05) is 6.54 Å². The van der Waals surface area contributed by atoms with Crippen molar-refractivity contribution in [1.82, 2.24) is 10.3 Å². The molecule has 0 unspecified atom stereocenters. The summed E-state index contributed by atoms with van der Waals surface area (Å²) in [5.41, 5.74) is 0.959. The van der Waals surface area contributed by atoms with E-state index in [4.69, 9.17) is 4.74 Å². The number of nitrogens with one attached hydrogen (secondary N) is 1. The highest BCUT2D eigenvalue weighted by molar-refractivity contribution is 7.09. The number of aryl methyl sites for hydroxylation is 1. The number of rotatable bonds is 6. The Labute approximate surface area is 127 Å². The molecule has 1 aromatic heterocycles. The van der Waals surface area contributed by atoms with E-state index in [0.29, 0.717) is 13.0 Å². The van der Waals surface area contributed by atoms with Gasteiger partial charge in [0.15, 0.2) is 17.7 Å². The maximum absolute atomic E-state index is 13.4. The van der Waals surface area contributed by atoms with Crippen molar-refractivity contribution in [2.24, 2.45) is 0 Å². The summed E-state index contributed by atoms with van der Waals surface area (Å²) in [6.45, 7) is 4.01. The molecule has 0 aliphatic heterocycles. The van der Waals surface area contributed by atoms with Gasteiger partial charge < -0.3 is 10.1 Å². The second-order valence-electron chi connectivity index (χ2n) is 4.59. The van der Waals surface area contributed by atoms with Crippen LogP contribution in [0.4, 0.5) is 4.39 Å². The number of amides is 1. The highest BCUT2D eigenvalue weighted by Crippen LogP contribution is 2.17. The maximum atomic E-state index is 13.4. The molecule has 6 heteroatoms. The third-order valence-electron chi connectivity index (χ3n) is 2.86. The Hall–Kier alpha value is -1.95. The lowest BCUT2D eigenvalue weighted by Crippen LogP contribution is -2.37. The standard InChI is InChI=1S/C15H17FN2O2S/c1-10(20-14-6-4-3-5-13(14)16)15(19)17-8-7-12-9-21-11(2)18-12/h3-6,9-10H,7-8H2,1-2H3,(H,17,19)/t10-/m0/s1. The van der Waals surface area contributed by atoms with Crippen LogP contribution in [0.2, 0.25) is 0 Å². The number of thiazole rings is 1.